The van der Waals surface area contributed by atoms with Gasteiger partial charge in [-0.1, -0.05) is 11.8 Å². The fourth-order valence-corrected chi connectivity index (χ4v) is 3.62. The summed E-state index contributed by atoms with van der Waals surface area (Å²) in [6.07, 6.45) is 5.06. The highest BCUT2D eigenvalue weighted by atomic mass is 79.9. The number of anilines is 1. The molecule has 0 spiro atoms. The zero-order valence-corrected chi connectivity index (χ0v) is 14.0. The van der Waals surface area contributed by atoms with E-state index in [-0.39, 0.29) is 0 Å². The Kier molecular flexibility index (Phi) is 4.80. The topological polar surface area (TPSA) is 41.5 Å². The van der Waals surface area contributed by atoms with Gasteiger partial charge >= 0.3 is 0 Å². The maximum Gasteiger partial charge on any atom is 0.189 e. The zero-order chi connectivity index (χ0) is 13.9. The van der Waals surface area contributed by atoms with Crippen LogP contribution in [0.5, 0.6) is 0 Å². The van der Waals surface area contributed by atoms with Gasteiger partial charge in [0.1, 0.15) is 5.82 Å². The summed E-state index contributed by atoms with van der Waals surface area (Å²) in [6.45, 7) is 5.95. The lowest BCUT2D eigenvalue weighted by atomic mass is 10.2. The number of halogens is 1. The van der Waals surface area contributed by atoms with Crippen LogP contribution in [-0.4, -0.2) is 66.6 Å². The van der Waals surface area contributed by atoms with Crippen LogP contribution in [0.4, 0.5) is 5.82 Å². The summed E-state index contributed by atoms with van der Waals surface area (Å²) < 4.78 is 6.42. The summed E-state index contributed by atoms with van der Waals surface area (Å²) in [6, 6.07) is 0.624. The van der Waals surface area contributed by atoms with Gasteiger partial charge in [-0.25, -0.2) is 9.97 Å². The molecule has 0 radical (unpaired) electrons. The van der Waals surface area contributed by atoms with E-state index >= 15 is 0 Å². The molecule has 0 amide bonds. The van der Waals surface area contributed by atoms with Crippen LogP contribution in [0.1, 0.15) is 6.42 Å². The van der Waals surface area contributed by atoms with Gasteiger partial charge in [-0.05, 0) is 28.6 Å². The van der Waals surface area contributed by atoms with Gasteiger partial charge in [0.25, 0.3) is 0 Å². The van der Waals surface area contributed by atoms with Crippen LogP contribution < -0.4 is 4.90 Å². The van der Waals surface area contributed by atoms with E-state index in [1.54, 1.807) is 11.8 Å². The summed E-state index contributed by atoms with van der Waals surface area (Å²) in [5, 5.41) is 0.832. The first-order valence-corrected chi connectivity index (χ1v) is 8.93. The van der Waals surface area contributed by atoms with Gasteiger partial charge in [0.15, 0.2) is 5.16 Å². The molecule has 1 atom stereocenters. The average Bonchev–Trinajstić information content (AvgIpc) is 2.98. The number of rotatable bonds is 3. The lowest BCUT2D eigenvalue weighted by molar-refractivity contribution is 0.0209. The molecule has 3 heterocycles. The first-order valence-electron chi connectivity index (χ1n) is 6.91. The summed E-state index contributed by atoms with van der Waals surface area (Å²) in [7, 11) is 0. The van der Waals surface area contributed by atoms with Crippen LogP contribution in [0.2, 0.25) is 0 Å². The summed E-state index contributed by atoms with van der Waals surface area (Å²) in [4.78, 5) is 13.8. The molecule has 2 aliphatic heterocycles. The Hall–Kier alpha value is -0.370. The minimum atomic E-state index is 0.624. The normalized spacial score (nSPS) is 24.3. The highest BCUT2D eigenvalue weighted by Crippen LogP contribution is 2.29. The van der Waals surface area contributed by atoms with Crippen LogP contribution in [-0.2, 0) is 4.74 Å². The van der Waals surface area contributed by atoms with Gasteiger partial charge in [-0.15, -0.1) is 0 Å². The van der Waals surface area contributed by atoms with Crippen molar-refractivity contribution in [1.29, 1.82) is 0 Å². The molecule has 0 aliphatic carbocycles. The quantitative estimate of drug-likeness (QED) is 0.606. The van der Waals surface area contributed by atoms with Crippen LogP contribution in [0.25, 0.3) is 0 Å². The SMILES string of the molecule is CSc1ncc(Br)c(N2CCC(N3CCOCC3)C2)n1. The van der Waals surface area contributed by atoms with E-state index in [1.165, 1.54) is 6.42 Å². The highest BCUT2D eigenvalue weighted by molar-refractivity contribution is 9.10. The van der Waals surface area contributed by atoms with E-state index in [9.17, 15) is 0 Å². The lowest BCUT2D eigenvalue weighted by Gasteiger charge is -2.32. The molecule has 2 saturated heterocycles. The molecule has 0 aromatic carbocycles. The number of nitrogens with zero attached hydrogens (tertiary/aromatic N) is 4. The maximum atomic E-state index is 5.43. The minimum Gasteiger partial charge on any atom is -0.379 e. The Morgan fingerprint density at radius 2 is 2.15 bits per heavy atom. The van der Waals surface area contributed by atoms with Crippen molar-refractivity contribution in [2.75, 3.05) is 50.5 Å². The molecule has 0 N–H and O–H groups in total. The van der Waals surface area contributed by atoms with E-state index in [4.69, 9.17) is 4.74 Å². The van der Waals surface area contributed by atoms with Crippen molar-refractivity contribution in [3.05, 3.63) is 10.7 Å². The van der Waals surface area contributed by atoms with E-state index < -0.39 is 0 Å². The zero-order valence-electron chi connectivity index (χ0n) is 11.6. The Bertz CT molecular complexity index is 470. The van der Waals surface area contributed by atoms with Gasteiger partial charge in [-0.2, -0.15) is 0 Å². The summed E-state index contributed by atoms with van der Waals surface area (Å²) >= 11 is 5.16. The molecule has 1 unspecified atom stereocenters. The first kappa shape index (κ1) is 14.6. The number of ether oxygens (including phenoxy) is 1. The van der Waals surface area contributed by atoms with Crippen molar-refractivity contribution in [3.8, 4) is 0 Å². The maximum absolute atomic E-state index is 5.43. The van der Waals surface area contributed by atoms with Crippen LogP contribution in [0.15, 0.2) is 15.8 Å². The summed E-state index contributed by atoms with van der Waals surface area (Å²) in [5.74, 6) is 1.03. The summed E-state index contributed by atoms with van der Waals surface area (Å²) in [5.41, 5.74) is 0. The van der Waals surface area contributed by atoms with Crippen molar-refractivity contribution in [3.63, 3.8) is 0 Å². The molecule has 110 valence electrons. The smallest absolute Gasteiger partial charge is 0.189 e. The van der Waals surface area contributed by atoms with Gasteiger partial charge in [0, 0.05) is 38.4 Å². The number of hydrogen-bond acceptors (Lipinski definition) is 6. The molecule has 0 saturated carbocycles. The van der Waals surface area contributed by atoms with E-state index in [0.717, 1.165) is 54.8 Å². The second-order valence-corrected chi connectivity index (χ2v) is 6.69. The minimum absolute atomic E-state index is 0.624. The van der Waals surface area contributed by atoms with Crippen molar-refractivity contribution < 1.29 is 4.74 Å². The van der Waals surface area contributed by atoms with Crippen molar-refractivity contribution >= 4 is 33.5 Å². The van der Waals surface area contributed by atoms with Gasteiger partial charge in [0.2, 0.25) is 0 Å². The fourth-order valence-electron chi connectivity index (χ4n) is 2.84. The molecule has 2 fully saturated rings. The third-order valence-corrected chi connectivity index (χ3v) is 5.03. The van der Waals surface area contributed by atoms with Crippen LogP contribution in [0, 0.1) is 0 Å². The van der Waals surface area contributed by atoms with Crippen LogP contribution >= 0.6 is 27.7 Å². The predicted molar refractivity (Wildman–Crippen MR) is 84.5 cm³/mol. The van der Waals surface area contributed by atoms with E-state index in [2.05, 4.69) is 35.7 Å². The van der Waals surface area contributed by atoms with Gasteiger partial charge < -0.3 is 9.64 Å². The first-order chi connectivity index (χ1) is 9.78. The van der Waals surface area contributed by atoms with E-state index in [0.29, 0.717) is 6.04 Å². The largest absolute Gasteiger partial charge is 0.379 e. The lowest BCUT2D eigenvalue weighted by Crippen LogP contribution is -2.44. The Labute approximate surface area is 132 Å². The highest BCUT2D eigenvalue weighted by Gasteiger charge is 2.30. The standard InChI is InChI=1S/C13H19BrN4OS/c1-20-13-15-8-11(14)12(16-13)18-3-2-10(9-18)17-4-6-19-7-5-17/h8,10H,2-7,9H2,1H3. The fraction of sp³-hybridized carbons (Fsp3) is 0.692. The van der Waals surface area contributed by atoms with Crippen molar-refractivity contribution in [2.45, 2.75) is 17.6 Å². The number of morpholine rings is 1. The molecule has 3 rings (SSSR count). The third kappa shape index (κ3) is 3.10. The number of hydrogen-bond donors (Lipinski definition) is 0. The van der Waals surface area contributed by atoms with E-state index in [1.807, 2.05) is 12.5 Å². The Morgan fingerprint density at radius 1 is 1.35 bits per heavy atom. The number of aromatic nitrogens is 2. The molecule has 20 heavy (non-hydrogen) atoms. The molecule has 0 bridgehead atoms. The van der Waals surface area contributed by atoms with Crippen LogP contribution in [0.3, 0.4) is 0 Å². The molecule has 5 nitrogen and oxygen atoms in total. The van der Waals surface area contributed by atoms with Crippen molar-refractivity contribution in [2.24, 2.45) is 0 Å². The molecule has 1 aromatic rings. The Balaban J connectivity index is 1.70. The molecular formula is C13H19BrN4OS. The third-order valence-electron chi connectivity index (χ3n) is 3.91. The molecule has 1 aromatic heterocycles. The Morgan fingerprint density at radius 3 is 2.90 bits per heavy atom. The second kappa shape index (κ2) is 6.60. The average molecular weight is 359 g/mol. The van der Waals surface area contributed by atoms with Gasteiger partial charge in [-0.3, -0.25) is 4.90 Å². The monoisotopic (exact) mass is 358 g/mol. The second-order valence-electron chi connectivity index (χ2n) is 5.07. The van der Waals surface area contributed by atoms with Gasteiger partial charge in [0.05, 0.1) is 17.7 Å². The molecular weight excluding hydrogens is 340 g/mol. The predicted octanol–water partition coefficient (Wildman–Crippen LogP) is 1.87. The molecule has 2 aliphatic rings. The molecule has 7 heteroatoms. The van der Waals surface area contributed by atoms with Crippen molar-refractivity contribution in [1.82, 2.24) is 14.9 Å². The number of thioether (sulfide) groups is 1.